The van der Waals surface area contributed by atoms with Crippen LogP contribution in [0.5, 0.6) is 0 Å². The fraction of sp³-hybridized carbons (Fsp3) is 1.00. The Balaban J connectivity index is 1.84. The highest BCUT2D eigenvalue weighted by Gasteiger charge is 2.30. The van der Waals surface area contributed by atoms with Crippen LogP contribution in [0.25, 0.3) is 0 Å². The van der Waals surface area contributed by atoms with Crippen LogP contribution in [0, 0.1) is 5.92 Å². The molecule has 0 aliphatic carbocycles. The van der Waals surface area contributed by atoms with Gasteiger partial charge in [0.25, 0.3) is 0 Å². The van der Waals surface area contributed by atoms with Gasteiger partial charge in [-0.25, -0.2) is 0 Å². The van der Waals surface area contributed by atoms with E-state index in [2.05, 4.69) is 35.9 Å². The molecule has 2 rings (SSSR count). The molecule has 0 amide bonds. The van der Waals surface area contributed by atoms with E-state index < -0.39 is 0 Å². The summed E-state index contributed by atoms with van der Waals surface area (Å²) < 4.78 is 0. The molecule has 0 bridgehead atoms. The number of hydrogen-bond donors (Lipinski definition) is 1. The summed E-state index contributed by atoms with van der Waals surface area (Å²) in [4.78, 5) is 5.39. The summed E-state index contributed by atoms with van der Waals surface area (Å²) >= 11 is 0. The Bertz CT molecular complexity index is 259. The average molecular weight is 267 g/mol. The van der Waals surface area contributed by atoms with Crippen molar-refractivity contribution >= 4 is 0 Å². The summed E-state index contributed by atoms with van der Waals surface area (Å²) in [6.07, 6.45) is 5.63. The monoisotopic (exact) mass is 267 g/mol. The van der Waals surface area contributed by atoms with Crippen LogP contribution in [0.4, 0.5) is 0 Å². The molecule has 0 aromatic rings. The second kappa shape index (κ2) is 7.05. The Morgan fingerprint density at radius 1 is 1.05 bits per heavy atom. The summed E-state index contributed by atoms with van der Waals surface area (Å²) in [7, 11) is 0. The number of nitrogens with zero attached hydrogens (tertiary/aromatic N) is 2. The molecule has 3 heteroatoms. The van der Waals surface area contributed by atoms with E-state index in [9.17, 15) is 0 Å². The molecule has 2 fully saturated rings. The molecule has 1 atom stereocenters. The molecule has 112 valence electrons. The first-order valence-electron chi connectivity index (χ1n) is 8.30. The lowest BCUT2D eigenvalue weighted by atomic mass is 9.98. The van der Waals surface area contributed by atoms with Crippen LogP contribution in [0.1, 0.15) is 46.5 Å². The number of rotatable bonds is 4. The summed E-state index contributed by atoms with van der Waals surface area (Å²) in [5.74, 6) is 0.979. The molecule has 2 aliphatic heterocycles. The first-order chi connectivity index (χ1) is 9.12. The van der Waals surface area contributed by atoms with Gasteiger partial charge in [-0.3, -0.25) is 4.90 Å². The molecular weight excluding hydrogens is 234 g/mol. The van der Waals surface area contributed by atoms with Crippen LogP contribution in [0.15, 0.2) is 0 Å². The maximum Gasteiger partial charge on any atom is 0.0281 e. The summed E-state index contributed by atoms with van der Waals surface area (Å²) in [6, 6.07) is 0. The van der Waals surface area contributed by atoms with Crippen molar-refractivity contribution in [3.05, 3.63) is 0 Å². The van der Waals surface area contributed by atoms with Crippen LogP contribution in [-0.4, -0.2) is 61.2 Å². The Labute approximate surface area is 119 Å². The van der Waals surface area contributed by atoms with E-state index in [4.69, 9.17) is 0 Å². The van der Waals surface area contributed by atoms with Gasteiger partial charge in [-0.1, -0.05) is 13.3 Å². The zero-order valence-corrected chi connectivity index (χ0v) is 13.2. The van der Waals surface area contributed by atoms with Crippen LogP contribution in [0.3, 0.4) is 0 Å². The summed E-state index contributed by atoms with van der Waals surface area (Å²) in [6.45, 7) is 15.8. The number of piperazine rings is 1. The highest BCUT2D eigenvalue weighted by atomic mass is 15.3. The third-order valence-corrected chi connectivity index (χ3v) is 5.10. The maximum absolute atomic E-state index is 3.46. The lowest BCUT2D eigenvalue weighted by Gasteiger charge is -2.43. The van der Waals surface area contributed by atoms with Crippen LogP contribution in [0.2, 0.25) is 0 Å². The van der Waals surface area contributed by atoms with E-state index in [1.165, 1.54) is 58.4 Å². The van der Waals surface area contributed by atoms with Crippen molar-refractivity contribution in [2.24, 2.45) is 5.92 Å². The van der Waals surface area contributed by atoms with Gasteiger partial charge in [0.2, 0.25) is 0 Å². The van der Waals surface area contributed by atoms with E-state index in [1.807, 2.05) is 0 Å². The van der Waals surface area contributed by atoms with E-state index >= 15 is 0 Å². The first-order valence-corrected chi connectivity index (χ1v) is 8.30. The summed E-state index contributed by atoms with van der Waals surface area (Å²) in [5, 5.41) is 3.46. The van der Waals surface area contributed by atoms with E-state index in [-0.39, 0.29) is 0 Å². The molecule has 0 aromatic carbocycles. The Morgan fingerprint density at radius 2 is 1.79 bits per heavy atom. The molecule has 0 saturated carbocycles. The molecule has 0 radical (unpaired) electrons. The molecule has 2 heterocycles. The van der Waals surface area contributed by atoms with Gasteiger partial charge < -0.3 is 10.2 Å². The van der Waals surface area contributed by atoms with Gasteiger partial charge in [0, 0.05) is 38.3 Å². The van der Waals surface area contributed by atoms with E-state index in [0.717, 1.165) is 19.0 Å². The lowest BCUT2D eigenvalue weighted by Crippen LogP contribution is -2.57. The zero-order valence-electron chi connectivity index (χ0n) is 13.2. The van der Waals surface area contributed by atoms with Crippen molar-refractivity contribution < 1.29 is 0 Å². The molecule has 19 heavy (non-hydrogen) atoms. The van der Waals surface area contributed by atoms with Crippen molar-refractivity contribution in [2.75, 3.05) is 45.8 Å². The van der Waals surface area contributed by atoms with Crippen LogP contribution in [-0.2, 0) is 0 Å². The third-order valence-electron chi connectivity index (χ3n) is 5.10. The average Bonchev–Trinajstić information content (AvgIpc) is 2.64. The minimum absolute atomic E-state index is 0.328. The van der Waals surface area contributed by atoms with Gasteiger partial charge in [0.15, 0.2) is 0 Å². The topological polar surface area (TPSA) is 18.5 Å². The van der Waals surface area contributed by atoms with Gasteiger partial charge in [-0.2, -0.15) is 0 Å². The molecule has 0 aromatic heterocycles. The van der Waals surface area contributed by atoms with Crippen molar-refractivity contribution in [1.29, 1.82) is 0 Å². The number of hydrogen-bond acceptors (Lipinski definition) is 3. The predicted molar refractivity (Wildman–Crippen MR) is 82.6 cm³/mol. The van der Waals surface area contributed by atoms with Crippen LogP contribution >= 0.6 is 0 Å². The zero-order chi connectivity index (χ0) is 13.7. The fourth-order valence-corrected chi connectivity index (χ4v) is 3.71. The minimum Gasteiger partial charge on any atom is -0.314 e. The molecular formula is C16H33N3. The highest BCUT2D eigenvalue weighted by Crippen LogP contribution is 2.23. The standard InChI is InChI=1S/C16H33N3/c1-4-15-6-5-10-18(11-7-15)14-16(2,3)19-12-8-17-9-13-19/h15,17H,4-14H2,1-3H3. The third kappa shape index (κ3) is 4.44. The fourth-order valence-electron chi connectivity index (χ4n) is 3.71. The smallest absolute Gasteiger partial charge is 0.0281 e. The molecule has 1 N–H and O–H groups in total. The minimum atomic E-state index is 0.328. The van der Waals surface area contributed by atoms with Crippen molar-refractivity contribution in [3.8, 4) is 0 Å². The van der Waals surface area contributed by atoms with Crippen LogP contribution < -0.4 is 5.32 Å². The van der Waals surface area contributed by atoms with Gasteiger partial charge in [-0.05, 0) is 52.1 Å². The molecule has 3 nitrogen and oxygen atoms in total. The second-order valence-corrected chi connectivity index (χ2v) is 7.03. The molecule has 0 spiro atoms. The Hall–Kier alpha value is -0.120. The molecule has 2 saturated heterocycles. The van der Waals surface area contributed by atoms with Gasteiger partial charge in [0.05, 0.1) is 0 Å². The lowest BCUT2D eigenvalue weighted by molar-refractivity contribution is 0.0639. The second-order valence-electron chi connectivity index (χ2n) is 7.03. The van der Waals surface area contributed by atoms with Crippen molar-refractivity contribution in [1.82, 2.24) is 15.1 Å². The predicted octanol–water partition coefficient (Wildman–Crippen LogP) is 2.18. The first kappa shape index (κ1) is 15.3. The quantitative estimate of drug-likeness (QED) is 0.842. The maximum atomic E-state index is 3.46. The normalized spacial score (nSPS) is 28.3. The summed E-state index contributed by atoms with van der Waals surface area (Å²) in [5.41, 5.74) is 0.328. The SMILES string of the molecule is CCC1CCCN(CC(C)(C)N2CCNCC2)CC1. The Kier molecular flexibility index (Phi) is 5.67. The van der Waals surface area contributed by atoms with Gasteiger partial charge in [-0.15, -0.1) is 0 Å². The highest BCUT2D eigenvalue weighted by molar-refractivity contribution is 4.88. The molecule has 1 unspecified atom stereocenters. The number of nitrogens with one attached hydrogen (secondary N) is 1. The van der Waals surface area contributed by atoms with Gasteiger partial charge >= 0.3 is 0 Å². The Morgan fingerprint density at radius 3 is 2.47 bits per heavy atom. The largest absolute Gasteiger partial charge is 0.314 e. The van der Waals surface area contributed by atoms with Gasteiger partial charge in [0.1, 0.15) is 0 Å². The molecule has 2 aliphatic rings. The van der Waals surface area contributed by atoms with E-state index in [1.54, 1.807) is 0 Å². The van der Waals surface area contributed by atoms with Crippen molar-refractivity contribution in [3.63, 3.8) is 0 Å². The number of likely N-dealkylation sites (tertiary alicyclic amines) is 1. The van der Waals surface area contributed by atoms with E-state index in [0.29, 0.717) is 5.54 Å². The van der Waals surface area contributed by atoms with Crippen molar-refractivity contribution in [2.45, 2.75) is 52.0 Å².